The average molecular weight is 643 g/mol. The third kappa shape index (κ3) is 7.54. The largest absolute Gasteiger partial charge is 0.497 e. The summed E-state index contributed by atoms with van der Waals surface area (Å²) in [4.78, 5) is 20.0. The van der Waals surface area contributed by atoms with Crippen molar-refractivity contribution >= 4 is 15.9 Å². The van der Waals surface area contributed by atoms with Gasteiger partial charge in [0.1, 0.15) is 28.3 Å². The number of fused-ring (bicyclic) bond motifs is 4. The second-order valence-corrected chi connectivity index (χ2v) is 12.9. The van der Waals surface area contributed by atoms with E-state index in [1.165, 1.54) is 24.6 Å². The fourth-order valence-corrected chi connectivity index (χ4v) is 7.39. The van der Waals surface area contributed by atoms with Gasteiger partial charge in [-0.15, -0.1) is 0 Å². The molecule has 1 unspecified atom stereocenters. The number of carbonyl (C=O) groups is 1. The highest BCUT2D eigenvalue weighted by Crippen LogP contribution is 2.33. The van der Waals surface area contributed by atoms with Gasteiger partial charge in [0.25, 0.3) is 5.91 Å². The first-order chi connectivity index (χ1) is 21.8. The van der Waals surface area contributed by atoms with Crippen LogP contribution in [0.4, 0.5) is 0 Å². The van der Waals surface area contributed by atoms with Gasteiger partial charge in [-0.2, -0.15) is 4.31 Å². The van der Waals surface area contributed by atoms with Gasteiger partial charge in [-0.1, -0.05) is 0 Å². The lowest BCUT2D eigenvalue weighted by atomic mass is 10.2. The Bertz CT molecular complexity index is 1550. The molecule has 3 aromatic rings. The van der Waals surface area contributed by atoms with Crippen molar-refractivity contribution in [2.75, 3.05) is 60.7 Å². The third-order valence-electron chi connectivity index (χ3n) is 8.15. The van der Waals surface area contributed by atoms with Crippen molar-refractivity contribution in [2.45, 2.75) is 49.6 Å². The van der Waals surface area contributed by atoms with Crippen molar-refractivity contribution < 1.29 is 36.9 Å². The van der Waals surface area contributed by atoms with E-state index in [1.54, 1.807) is 25.4 Å². The summed E-state index contributed by atoms with van der Waals surface area (Å²) >= 11 is 0. The topological polar surface area (TPSA) is 122 Å². The van der Waals surface area contributed by atoms with Crippen molar-refractivity contribution in [2.24, 2.45) is 0 Å². The summed E-state index contributed by atoms with van der Waals surface area (Å²) in [5.74, 6) is 2.47. The van der Waals surface area contributed by atoms with E-state index in [4.69, 9.17) is 23.7 Å². The van der Waals surface area contributed by atoms with E-state index in [9.17, 15) is 13.2 Å². The van der Waals surface area contributed by atoms with Crippen molar-refractivity contribution in [3.05, 3.63) is 48.8 Å². The predicted molar refractivity (Wildman–Crippen MR) is 167 cm³/mol. The van der Waals surface area contributed by atoms with Crippen molar-refractivity contribution in [3.63, 3.8) is 0 Å². The van der Waals surface area contributed by atoms with Gasteiger partial charge in [0.05, 0.1) is 27.9 Å². The number of sulfonamides is 1. The maximum atomic E-state index is 14.0. The highest BCUT2D eigenvalue weighted by molar-refractivity contribution is 7.89. The SMILES string of the molecule is COc1ccc(OC)c(S(=O)(=O)N2CCCCN(C(=O)C3CCCO3)CCn3ccnc3-c3ccc(OC)c(c3)OCCC2)c1. The van der Waals surface area contributed by atoms with E-state index in [1.807, 2.05) is 33.9 Å². The Morgan fingerprint density at radius 3 is 2.40 bits per heavy atom. The molecule has 0 aliphatic carbocycles. The number of aromatic nitrogens is 2. The van der Waals surface area contributed by atoms with E-state index in [0.29, 0.717) is 69.2 Å². The number of carbonyl (C=O) groups excluding carboxylic acids is 1. The van der Waals surface area contributed by atoms with Crippen LogP contribution in [0, 0.1) is 0 Å². The maximum Gasteiger partial charge on any atom is 0.251 e. The van der Waals surface area contributed by atoms with Crippen LogP contribution in [0.2, 0.25) is 0 Å². The van der Waals surface area contributed by atoms with Crippen LogP contribution in [-0.2, 0) is 26.1 Å². The molecule has 12 nitrogen and oxygen atoms in total. The van der Waals surface area contributed by atoms with Crippen LogP contribution in [-0.4, -0.2) is 99.9 Å². The zero-order valence-corrected chi connectivity index (χ0v) is 27.0. The van der Waals surface area contributed by atoms with Gasteiger partial charge < -0.3 is 33.2 Å². The summed E-state index contributed by atoms with van der Waals surface area (Å²) in [7, 11) is 0.547. The minimum atomic E-state index is -3.96. The first-order valence-corrected chi connectivity index (χ1v) is 16.7. The molecule has 2 aliphatic heterocycles. The molecule has 1 aromatic heterocycles. The summed E-state index contributed by atoms with van der Waals surface area (Å²) in [5, 5.41) is 0. The molecule has 3 heterocycles. The highest BCUT2D eigenvalue weighted by atomic mass is 32.2. The molecule has 244 valence electrons. The Morgan fingerprint density at radius 1 is 0.867 bits per heavy atom. The van der Waals surface area contributed by atoms with Gasteiger partial charge in [0.2, 0.25) is 10.0 Å². The second kappa shape index (κ2) is 15.0. The van der Waals surface area contributed by atoms with Crippen LogP contribution in [0.5, 0.6) is 23.0 Å². The van der Waals surface area contributed by atoms with Gasteiger partial charge in [0, 0.05) is 63.4 Å². The molecule has 1 amide bonds. The van der Waals surface area contributed by atoms with E-state index < -0.39 is 16.1 Å². The van der Waals surface area contributed by atoms with E-state index in [-0.39, 0.29) is 36.2 Å². The number of imidazole rings is 1. The van der Waals surface area contributed by atoms with Crippen molar-refractivity contribution in [3.8, 4) is 34.4 Å². The molecule has 1 fully saturated rings. The number of rotatable bonds is 6. The lowest BCUT2D eigenvalue weighted by Gasteiger charge is -2.27. The molecule has 5 rings (SSSR count). The van der Waals surface area contributed by atoms with Crippen LogP contribution >= 0.6 is 0 Å². The Morgan fingerprint density at radius 2 is 1.64 bits per heavy atom. The quantitative estimate of drug-likeness (QED) is 0.395. The summed E-state index contributed by atoms with van der Waals surface area (Å²) in [6.07, 6.45) is 6.36. The number of nitrogens with zero attached hydrogens (tertiary/aromatic N) is 4. The Kier molecular flexibility index (Phi) is 10.8. The van der Waals surface area contributed by atoms with Crippen molar-refractivity contribution in [1.29, 1.82) is 0 Å². The molecule has 2 bridgehead atoms. The number of amides is 1. The van der Waals surface area contributed by atoms with Crippen LogP contribution < -0.4 is 18.9 Å². The zero-order chi connectivity index (χ0) is 31.8. The van der Waals surface area contributed by atoms with Crippen LogP contribution in [0.15, 0.2) is 53.7 Å². The minimum Gasteiger partial charge on any atom is -0.497 e. The summed E-state index contributed by atoms with van der Waals surface area (Å²) in [6.45, 7) is 2.80. The average Bonchev–Trinajstić information content (AvgIpc) is 3.77. The lowest BCUT2D eigenvalue weighted by Crippen LogP contribution is -2.41. The molecule has 0 N–H and O–H groups in total. The number of methoxy groups -OCH3 is 3. The van der Waals surface area contributed by atoms with E-state index in [2.05, 4.69) is 4.98 Å². The normalized spacial score (nSPS) is 18.8. The molecule has 2 aromatic carbocycles. The molecular weight excluding hydrogens is 600 g/mol. The van der Waals surface area contributed by atoms with Gasteiger partial charge in [-0.05, 0) is 62.4 Å². The highest BCUT2D eigenvalue weighted by Gasteiger charge is 2.30. The summed E-state index contributed by atoms with van der Waals surface area (Å²) < 4.78 is 59.7. The predicted octanol–water partition coefficient (Wildman–Crippen LogP) is 3.84. The van der Waals surface area contributed by atoms with Gasteiger partial charge in [0.15, 0.2) is 11.5 Å². The maximum absolute atomic E-state index is 14.0. The Hall–Kier alpha value is -3.81. The number of benzene rings is 2. The number of hydrogen-bond donors (Lipinski definition) is 0. The molecule has 1 atom stereocenters. The fourth-order valence-electron chi connectivity index (χ4n) is 5.71. The molecule has 0 spiro atoms. The molecule has 1 saturated heterocycles. The third-order valence-corrected chi connectivity index (χ3v) is 10.1. The van der Waals surface area contributed by atoms with Crippen LogP contribution in [0.25, 0.3) is 11.4 Å². The van der Waals surface area contributed by atoms with E-state index >= 15 is 0 Å². The first kappa shape index (κ1) is 32.6. The van der Waals surface area contributed by atoms with Gasteiger partial charge in [-0.25, -0.2) is 13.4 Å². The summed E-state index contributed by atoms with van der Waals surface area (Å²) in [5.41, 5.74) is 0.839. The number of hydrogen-bond acceptors (Lipinski definition) is 9. The van der Waals surface area contributed by atoms with Gasteiger partial charge >= 0.3 is 0 Å². The van der Waals surface area contributed by atoms with Crippen LogP contribution in [0.1, 0.15) is 32.1 Å². The smallest absolute Gasteiger partial charge is 0.251 e. The Balaban J connectivity index is 1.45. The zero-order valence-electron chi connectivity index (χ0n) is 26.1. The first-order valence-electron chi connectivity index (χ1n) is 15.3. The molecule has 13 heteroatoms. The standard InChI is InChI=1S/C32H42N4O8S/c1-40-25-10-12-27(42-3)30(23-25)45(38,39)36-15-5-4-14-35(32(37)28-8-6-20-43-28)19-18-34-17-13-33-31(34)24-9-11-26(41-2)29(22-24)44-21-7-16-36/h9-13,17,22-23,28H,4-8,14-16,18-21H2,1-3H3. The monoisotopic (exact) mass is 642 g/mol. The molecule has 0 saturated carbocycles. The minimum absolute atomic E-state index is 0.0298. The lowest BCUT2D eigenvalue weighted by molar-refractivity contribution is -0.141. The second-order valence-electron chi connectivity index (χ2n) is 11.0. The van der Waals surface area contributed by atoms with Crippen molar-refractivity contribution in [1.82, 2.24) is 18.8 Å². The molecular formula is C32H42N4O8S. The number of ether oxygens (including phenoxy) is 5. The fraction of sp³-hybridized carbons (Fsp3) is 0.500. The molecule has 45 heavy (non-hydrogen) atoms. The van der Waals surface area contributed by atoms with Gasteiger partial charge in [-0.3, -0.25) is 4.79 Å². The van der Waals surface area contributed by atoms with E-state index in [0.717, 1.165) is 17.8 Å². The Labute approximate surface area is 264 Å². The molecule has 2 aliphatic rings. The van der Waals surface area contributed by atoms with Crippen LogP contribution in [0.3, 0.4) is 0 Å². The molecule has 0 radical (unpaired) electrons. The summed E-state index contributed by atoms with van der Waals surface area (Å²) in [6, 6.07) is 10.4.